The molecule has 4 aliphatic rings. The number of aliphatic hydroxyl groups is 1. The van der Waals surface area contributed by atoms with Crippen LogP contribution in [0.25, 0.3) is 0 Å². The molecule has 0 aliphatic heterocycles. The number of alkyl halides is 1. The van der Waals surface area contributed by atoms with E-state index in [1.807, 2.05) is 0 Å². The molecule has 0 spiro atoms. The number of fused-ring (bicyclic) bond motifs is 2. The van der Waals surface area contributed by atoms with Crippen LogP contribution in [0.2, 0.25) is 0 Å². The van der Waals surface area contributed by atoms with E-state index in [4.69, 9.17) is 5.11 Å². The molecule has 0 amide bonds. The number of hydrogen-bond donors (Lipinski definition) is 1. The number of aliphatic hydroxyl groups excluding tert-OH is 1. The minimum Gasteiger partial charge on any atom is -0.396 e. The predicted molar refractivity (Wildman–Crippen MR) is 148 cm³/mol. The zero-order valence-electron chi connectivity index (χ0n) is 22.3. The third kappa shape index (κ3) is 5.41. The van der Waals surface area contributed by atoms with Gasteiger partial charge in [-0.2, -0.15) is 0 Å². The molecule has 0 aromatic heterocycles. The lowest BCUT2D eigenvalue weighted by Crippen LogP contribution is -2.38. The molecule has 0 bridgehead atoms. The first-order valence-corrected chi connectivity index (χ1v) is 15.9. The first-order valence-electron chi connectivity index (χ1n) is 14.4. The molecular weight excluding hydrogens is 503 g/mol. The number of hydrogen-bond acceptors (Lipinski definition) is 1. The standard InChI is InChI=1S/C15H27I.C15H28O/c2*1-11-5-4-9-15(3)13(11)6-7-14(15)12(2)8-10-16/h11-14H,4-10H2,1-3H3;11-14,16H,4-10H2,1-3H3/t2*11-,12-,13+,14-,15+/m11/s1. The van der Waals surface area contributed by atoms with Gasteiger partial charge in [-0.15, -0.1) is 0 Å². The highest BCUT2D eigenvalue weighted by molar-refractivity contribution is 14.1. The largest absolute Gasteiger partial charge is 0.396 e. The van der Waals surface area contributed by atoms with Crippen molar-refractivity contribution in [2.24, 2.45) is 58.2 Å². The molecule has 188 valence electrons. The molecule has 4 fully saturated rings. The maximum atomic E-state index is 9.13. The fourth-order valence-electron chi connectivity index (χ4n) is 9.86. The van der Waals surface area contributed by atoms with E-state index >= 15 is 0 Å². The molecule has 0 unspecified atom stereocenters. The van der Waals surface area contributed by atoms with Gasteiger partial charge in [0.2, 0.25) is 0 Å². The molecule has 32 heavy (non-hydrogen) atoms. The van der Waals surface area contributed by atoms with E-state index in [-0.39, 0.29) is 0 Å². The van der Waals surface area contributed by atoms with Gasteiger partial charge < -0.3 is 5.11 Å². The summed E-state index contributed by atoms with van der Waals surface area (Å²) in [6, 6.07) is 0. The van der Waals surface area contributed by atoms with Crippen LogP contribution >= 0.6 is 22.6 Å². The number of rotatable bonds is 6. The molecule has 0 aromatic rings. The predicted octanol–water partition coefficient (Wildman–Crippen LogP) is 9.16. The molecule has 1 nitrogen and oxygen atoms in total. The van der Waals surface area contributed by atoms with Crippen LogP contribution in [0.4, 0.5) is 0 Å². The maximum Gasteiger partial charge on any atom is 0.0433 e. The van der Waals surface area contributed by atoms with Gasteiger partial charge in [-0.05, 0) is 114 Å². The van der Waals surface area contributed by atoms with Crippen LogP contribution < -0.4 is 0 Å². The molecule has 1 N–H and O–H groups in total. The summed E-state index contributed by atoms with van der Waals surface area (Å²) >= 11 is 2.55. The first-order chi connectivity index (χ1) is 15.2. The molecule has 0 radical (unpaired) electrons. The van der Waals surface area contributed by atoms with Gasteiger partial charge in [0.05, 0.1) is 0 Å². The molecule has 4 aliphatic carbocycles. The smallest absolute Gasteiger partial charge is 0.0433 e. The molecular formula is C30H55IO. The lowest BCUT2D eigenvalue weighted by atomic mass is 9.59. The second-order valence-corrected chi connectivity index (χ2v) is 14.4. The Labute approximate surface area is 214 Å². The Bertz CT molecular complexity index is 527. The van der Waals surface area contributed by atoms with Crippen molar-refractivity contribution >= 4 is 22.6 Å². The zero-order valence-corrected chi connectivity index (χ0v) is 24.5. The van der Waals surface area contributed by atoms with Gasteiger partial charge in [-0.3, -0.25) is 0 Å². The van der Waals surface area contributed by atoms with Gasteiger partial charge in [-0.25, -0.2) is 0 Å². The summed E-state index contributed by atoms with van der Waals surface area (Å²) in [5, 5.41) is 9.13. The van der Waals surface area contributed by atoms with Crippen molar-refractivity contribution in [3.63, 3.8) is 0 Å². The molecule has 4 saturated carbocycles. The maximum absolute atomic E-state index is 9.13. The van der Waals surface area contributed by atoms with Crippen LogP contribution in [0.5, 0.6) is 0 Å². The third-order valence-corrected chi connectivity index (χ3v) is 12.2. The van der Waals surface area contributed by atoms with E-state index in [9.17, 15) is 0 Å². The Morgan fingerprint density at radius 1 is 0.750 bits per heavy atom. The highest BCUT2D eigenvalue weighted by Crippen LogP contribution is 2.60. The summed E-state index contributed by atoms with van der Waals surface area (Å²) < 4.78 is 1.34. The van der Waals surface area contributed by atoms with E-state index in [0.717, 1.165) is 47.8 Å². The lowest BCUT2D eigenvalue weighted by molar-refractivity contribution is 0.0316. The van der Waals surface area contributed by atoms with Crippen molar-refractivity contribution < 1.29 is 5.11 Å². The Hall–Kier alpha value is 0.690. The Balaban J connectivity index is 0.000000181. The van der Waals surface area contributed by atoms with E-state index < -0.39 is 0 Å². The lowest BCUT2D eigenvalue weighted by Gasteiger charge is -2.46. The molecule has 4 rings (SSSR count). The second kappa shape index (κ2) is 11.6. The fourth-order valence-corrected chi connectivity index (χ4v) is 10.8. The van der Waals surface area contributed by atoms with Gasteiger partial charge in [0.1, 0.15) is 0 Å². The van der Waals surface area contributed by atoms with Gasteiger partial charge in [0.15, 0.2) is 0 Å². The topological polar surface area (TPSA) is 20.2 Å². The molecule has 0 aromatic carbocycles. The average Bonchev–Trinajstić information content (AvgIpc) is 3.27. The molecule has 0 heterocycles. The third-order valence-electron chi connectivity index (χ3n) is 11.6. The summed E-state index contributed by atoms with van der Waals surface area (Å²) in [5.41, 5.74) is 1.29. The fraction of sp³-hybridized carbons (Fsp3) is 1.00. The summed E-state index contributed by atoms with van der Waals surface area (Å²) in [6.07, 6.45) is 17.1. The van der Waals surface area contributed by atoms with E-state index in [2.05, 4.69) is 64.1 Å². The van der Waals surface area contributed by atoms with Crippen LogP contribution in [-0.4, -0.2) is 16.1 Å². The van der Waals surface area contributed by atoms with Crippen molar-refractivity contribution in [1.29, 1.82) is 0 Å². The highest BCUT2D eigenvalue weighted by atomic mass is 127. The summed E-state index contributed by atoms with van der Waals surface area (Å²) in [5.74, 6) is 7.50. The van der Waals surface area contributed by atoms with Crippen molar-refractivity contribution in [3.05, 3.63) is 0 Å². The summed E-state index contributed by atoms with van der Waals surface area (Å²) in [6.45, 7) is 15.4. The van der Waals surface area contributed by atoms with Crippen LogP contribution in [0.15, 0.2) is 0 Å². The molecule has 2 heteroatoms. The van der Waals surface area contributed by atoms with E-state index in [1.54, 1.807) is 0 Å². The van der Waals surface area contributed by atoms with Crippen LogP contribution in [0.1, 0.15) is 119 Å². The van der Waals surface area contributed by atoms with Crippen LogP contribution in [-0.2, 0) is 0 Å². The van der Waals surface area contributed by atoms with Crippen molar-refractivity contribution in [2.75, 3.05) is 11.0 Å². The van der Waals surface area contributed by atoms with Gasteiger partial charge >= 0.3 is 0 Å². The summed E-state index contributed by atoms with van der Waals surface area (Å²) in [4.78, 5) is 0. The minimum absolute atomic E-state index is 0.369. The minimum atomic E-state index is 0.369. The molecule has 0 saturated heterocycles. The van der Waals surface area contributed by atoms with Crippen molar-refractivity contribution in [2.45, 2.75) is 119 Å². The number of halogens is 1. The van der Waals surface area contributed by atoms with Gasteiger partial charge in [-0.1, -0.05) is 89.8 Å². The Kier molecular flexibility index (Phi) is 9.90. The van der Waals surface area contributed by atoms with E-state index in [0.29, 0.717) is 23.4 Å². The Morgan fingerprint density at radius 3 is 1.59 bits per heavy atom. The van der Waals surface area contributed by atoms with Gasteiger partial charge in [0.25, 0.3) is 0 Å². The quantitative estimate of drug-likeness (QED) is 0.255. The first kappa shape index (κ1) is 27.3. The Morgan fingerprint density at radius 2 is 1.19 bits per heavy atom. The monoisotopic (exact) mass is 558 g/mol. The zero-order chi connectivity index (χ0) is 23.5. The highest BCUT2D eigenvalue weighted by Gasteiger charge is 2.52. The second-order valence-electron chi connectivity index (χ2n) is 13.3. The van der Waals surface area contributed by atoms with E-state index in [1.165, 1.54) is 75.1 Å². The average molecular weight is 559 g/mol. The van der Waals surface area contributed by atoms with Crippen LogP contribution in [0, 0.1) is 58.2 Å². The van der Waals surface area contributed by atoms with Crippen LogP contribution in [0.3, 0.4) is 0 Å². The van der Waals surface area contributed by atoms with Gasteiger partial charge in [0, 0.05) is 6.61 Å². The van der Waals surface area contributed by atoms with Crippen molar-refractivity contribution in [3.8, 4) is 0 Å². The van der Waals surface area contributed by atoms with Crippen molar-refractivity contribution in [1.82, 2.24) is 0 Å². The summed E-state index contributed by atoms with van der Waals surface area (Å²) in [7, 11) is 0. The normalized spacial score (nSPS) is 45.4. The SMILES string of the molecule is C[C@H](CCI)[C@H]1CC[C@H]2[C@H](C)CCC[C@]12C.C[C@H](CCO)[C@H]1CC[C@H]2[C@H](C)CCC[C@]12C. The molecule has 10 atom stereocenters.